The van der Waals surface area contributed by atoms with Crippen LogP contribution in [0.25, 0.3) is 0 Å². The predicted molar refractivity (Wildman–Crippen MR) is 86.0 cm³/mol. The first-order valence-corrected chi connectivity index (χ1v) is 7.78. The van der Waals surface area contributed by atoms with Crippen LogP contribution in [0.4, 0.5) is 10.1 Å². The third-order valence-corrected chi connectivity index (χ3v) is 3.97. The molecule has 0 unspecified atom stereocenters. The highest BCUT2D eigenvalue weighted by atomic mass is 19.1. The summed E-state index contributed by atoms with van der Waals surface area (Å²) in [5.74, 6) is -0.590. The van der Waals surface area contributed by atoms with Gasteiger partial charge in [-0.2, -0.15) is 0 Å². The number of halogens is 1. The van der Waals surface area contributed by atoms with Crippen LogP contribution < -0.4 is 10.2 Å². The summed E-state index contributed by atoms with van der Waals surface area (Å²) in [7, 11) is 0. The maximum absolute atomic E-state index is 12.9. The molecule has 0 spiro atoms. The van der Waals surface area contributed by atoms with Crippen LogP contribution in [0, 0.1) is 5.82 Å². The SMILES string of the molecule is O=C(Nc1ccc(C[NH+]2CCOCC2)cc1)c1ccc(F)cc1. The number of ether oxygens (including phenoxy) is 1. The van der Waals surface area contributed by atoms with Gasteiger partial charge in [0.15, 0.2) is 0 Å². The van der Waals surface area contributed by atoms with Crippen molar-refractivity contribution in [2.24, 2.45) is 0 Å². The van der Waals surface area contributed by atoms with Crippen LogP contribution in [0.3, 0.4) is 0 Å². The summed E-state index contributed by atoms with van der Waals surface area (Å²) < 4.78 is 18.2. The molecule has 1 amide bonds. The number of hydrogen-bond acceptors (Lipinski definition) is 2. The number of nitrogens with one attached hydrogen (secondary N) is 2. The molecule has 1 aliphatic rings. The molecule has 3 rings (SSSR count). The molecule has 2 aromatic rings. The highest BCUT2D eigenvalue weighted by molar-refractivity contribution is 6.04. The zero-order chi connectivity index (χ0) is 16.1. The van der Waals surface area contributed by atoms with Crippen molar-refractivity contribution in [3.63, 3.8) is 0 Å². The van der Waals surface area contributed by atoms with Gasteiger partial charge in [-0.15, -0.1) is 0 Å². The Labute approximate surface area is 134 Å². The van der Waals surface area contributed by atoms with E-state index in [9.17, 15) is 9.18 Å². The molecule has 2 N–H and O–H groups in total. The number of morpholine rings is 1. The normalized spacial score (nSPS) is 15.3. The number of anilines is 1. The van der Waals surface area contributed by atoms with Crippen molar-refractivity contribution in [2.45, 2.75) is 6.54 Å². The van der Waals surface area contributed by atoms with Crippen molar-refractivity contribution in [3.8, 4) is 0 Å². The monoisotopic (exact) mass is 315 g/mol. The smallest absolute Gasteiger partial charge is 0.255 e. The zero-order valence-corrected chi connectivity index (χ0v) is 12.8. The average molecular weight is 315 g/mol. The molecule has 0 aliphatic carbocycles. The van der Waals surface area contributed by atoms with Crippen molar-refractivity contribution < 1.29 is 18.8 Å². The average Bonchev–Trinajstić information content (AvgIpc) is 2.58. The standard InChI is InChI=1S/C18H19FN2O2/c19-16-5-3-15(4-6-16)18(22)20-17-7-1-14(2-8-17)13-21-9-11-23-12-10-21/h1-8H,9-13H2,(H,20,22)/p+1. The van der Waals surface area contributed by atoms with Gasteiger partial charge in [0.1, 0.15) is 25.5 Å². The lowest BCUT2D eigenvalue weighted by molar-refractivity contribution is -0.921. The molecule has 1 aliphatic heterocycles. The lowest BCUT2D eigenvalue weighted by Crippen LogP contribution is -3.12. The highest BCUT2D eigenvalue weighted by Crippen LogP contribution is 2.11. The van der Waals surface area contributed by atoms with Gasteiger partial charge in [-0.05, 0) is 36.4 Å². The van der Waals surface area contributed by atoms with E-state index in [1.807, 2.05) is 24.3 Å². The van der Waals surface area contributed by atoms with E-state index in [0.717, 1.165) is 38.5 Å². The van der Waals surface area contributed by atoms with Crippen LogP contribution in [0.2, 0.25) is 0 Å². The van der Waals surface area contributed by atoms with Crippen molar-refractivity contribution >= 4 is 11.6 Å². The van der Waals surface area contributed by atoms with Gasteiger partial charge >= 0.3 is 0 Å². The van der Waals surface area contributed by atoms with Gasteiger partial charge in [0.05, 0.1) is 13.2 Å². The van der Waals surface area contributed by atoms with E-state index in [-0.39, 0.29) is 11.7 Å². The van der Waals surface area contributed by atoms with Gasteiger partial charge < -0.3 is 15.0 Å². The number of rotatable bonds is 4. The van der Waals surface area contributed by atoms with E-state index in [1.54, 1.807) is 0 Å². The molecule has 0 bridgehead atoms. The van der Waals surface area contributed by atoms with Crippen LogP contribution in [0.5, 0.6) is 0 Å². The van der Waals surface area contributed by atoms with E-state index in [4.69, 9.17) is 4.74 Å². The number of quaternary nitrogens is 1. The fourth-order valence-electron chi connectivity index (χ4n) is 2.64. The summed E-state index contributed by atoms with van der Waals surface area (Å²) in [5, 5.41) is 2.82. The Balaban J connectivity index is 1.58. The molecule has 23 heavy (non-hydrogen) atoms. The molecule has 0 aromatic heterocycles. The summed E-state index contributed by atoms with van der Waals surface area (Å²) in [6.07, 6.45) is 0. The van der Waals surface area contributed by atoms with Crippen molar-refractivity contribution in [2.75, 3.05) is 31.6 Å². The Morgan fingerprint density at radius 1 is 1.04 bits per heavy atom. The number of benzene rings is 2. The van der Waals surface area contributed by atoms with Crippen LogP contribution in [0.1, 0.15) is 15.9 Å². The minimum Gasteiger partial charge on any atom is -0.370 e. The lowest BCUT2D eigenvalue weighted by atomic mass is 10.1. The number of amides is 1. The molecular formula is C18H20FN2O2+. The van der Waals surface area contributed by atoms with Crippen LogP contribution >= 0.6 is 0 Å². The van der Waals surface area contributed by atoms with Gasteiger partial charge in [0, 0.05) is 16.8 Å². The second kappa shape index (κ2) is 7.35. The maximum atomic E-state index is 12.9. The molecule has 120 valence electrons. The molecule has 0 atom stereocenters. The predicted octanol–water partition coefficient (Wildman–Crippen LogP) is 1.49. The Morgan fingerprint density at radius 2 is 1.70 bits per heavy atom. The fraction of sp³-hybridized carbons (Fsp3) is 0.278. The van der Waals surface area contributed by atoms with Crippen LogP contribution in [-0.2, 0) is 11.3 Å². The molecule has 0 saturated carbocycles. The Kier molecular flexibility index (Phi) is 5.00. The summed E-state index contributed by atoms with van der Waals surface area (Å²) in [5.41, 5.74) is 2.41. The van der Waals surface area contributed by atoms with Gasteiger partial charge in [-0.1, -0.05) is 12.1 Å². The molecule has 1 heterocycles. The highest BCUT2D eigenvalue weighted by Gasteiger charge is 2.14. The molecule has 5 heteroatoms. The van der Waals surface area contributed by atoms with E-state index in [2.05, 4.69) is 5.32 Å². The van der Waals surface area contributed by atoms with Gasteiger partial charge in [-0.25, -0.2) is 4.39 Å². The first-order valence-electron chi connectivity index (χ1n) is 7.78. The minimum absolute atomic E-state index is 0.239. The molecule has 4 nitrogen and oxygen atoms in total. The summed E-state index contributed by atoms with van der Waals surface area (Å²) in [4.78, 5) is 13.6. The van der Waals surface area contributed by atoms with Gasteiger partial charge in [-0.3, -0.25) is 4.79 Å². The van der Waals surface area contributed by atoms with E-state index < -0.39 is 0 Å². The van der Waals surface area contributed by atoms with E-state index in [0.29, 0.717) is 5.56 Å². The summed E-state index contributed by atoms with van der Waals surface area (Å²) in [6, 6.07) is 13.4. The van der Waals surface area contributed by atoms with Crippen molar-refractivity contribution in [1.29, 1.82) is 0 Å². The van der Waals surface area contributed by atoms with Gasteiger partial charge in [0.25, 0.3) is 5.91 Å². The fourth-order valence-corrected chi connectivity index (χ4v) is 2.64. The Morgan fingerprint density at radius 3 is 2.35 bits per heavy atom. The summed E-state index contributed by atoms with van der Waals surface area (Å²) >= 11 is 0. The first-order chi connectivity index (χ1) is 11.2. The molecule has 0 radical (unpaired) electrons. The van der Waals surface area contributed by atoms with Crippen molar-refractivity contribution in [1.82, 2.24) is 0 Å². The quantitative estimate of drug-likeness (QED) is 0.898. The Bertz CT molecular complexity index is 650. The minimum atomic E-state index is -0.350. The Hall–Kier alpha value is -2.24. The zero-order valence-electron chi connectivity index (χ0n) is 12.8. The molecule has 1 fully saturated rings. The van der Waals surface area contributed by atoms with E-state index >= 15 is 0 Å². The van der Waals surface area contributed by atoms with Crippen LogP contribution in [0.15, 0.2) is 48.5 Å². The van der Waals surface area contributed by atoms with E-state index in [1.165, 1.54) is 34.7 Å². The second-order valence-corrected chi connectivity index (χ2v) is 5.70. The first kappa shape index (κ1) is 15.6. The number of carbonyl (C=O) groups excluding carboxylic acids is 1. The molecule has 1 saturated heterocycles. The molecule has 2 aromatic carbocycles. The summed E-state index contributed by atoms with van der Waals surface area (Å²) in [6.45, 7) is 4.67. The second-order valence-electron chi connectivity index (χ2n) is 5.70. The largest absolute Gasteiger partial charge is 0.370 e. The maximum Gasteiger partial charge on any atom is 0.255 e. The third kappa shape index (κ3) is 4.37. The molecular weight excluding hydrogens is 295 g/mol. The lowest BCUT2D eigenvalue weighted by Gasteiger charge is -2.23. The third-order valence-electron chi connectivity index (χ3n) is 3.97. The number of hydrogen-bond donors (Lipinski definition) is 2. The van der Waals surface area contributed by atoms with Gasteiger partial charge in [0.2, 0.25) is 0 Å². The number of carbonyl (C=O) groups is 1. The van der Waals surface area contributed by atoms with Crippen LogP contribution in [-0.4, -0.2) is 32.2 Å². The van der Waals surface area contributed by atoms with Crippen molar-refractivity contribution in [3.05, 3.63) is 65.5 Å². The topological polar surface area (TPSA) is 42.8 Å².